The van der Waals surface area contributed by atoms with E-state index in [0.29, 0.717) is 6.42 Å². The van der Waals surface area contributed by atoms with Gasteiger partial charge >= 0.3 is 11.7 Å². The first-order valence-electron chi connectivity index (χ1n) is 17.0. The molecule has 1 aromatic heterocycles. The number of unbranched alkanes of at least 4 members (excludes halogenated alkanes) is 16. The number of hydrogen-bond donors (Lipinski definition) is 1. The van der Waals surface area contributed by atoms with Crippen molar-refractivity contribution in [1.82, 2.24) is 14.5 Å². The van der Waals surface area contributed by atoms with E-state index in [1.807, 2.05) is 0 Å². The monoisotopic (exact) mass is 625 g/mol. The van der Waals surface area contributed by atoms with E-state index in [1.165, 1.54) is 70.9 Å². The molecule has 1 rings (SSSR count). The number of aryl methyl sites for hydroxylation is 1. The van der Waals surface area contributed by atoms with Gasteiger partial charge in [-0.2, -0.15) is 0 Å². The summed E-state index contributed by atoms with van der Waals surface area (Å²) in [6.45, 7) is 4.51. The summed E-state index contributed by atoms with van der Waals surface area (Å²) in [6, 6.07) is 0. The van der Waals surface area contributed by atoms with Crippen LogP contribution < -0.4 is 11.2 Å². The second-order valence-corrected chi connectivity index (χ2v) is 11.5. The van der Waals surface area contributed by atoms with Crippen LogP contribution in [0.25, 0.3) is 0 Å². The van der Waals surface area contributed by atoms with Crippen molar-refractivity contribution in [2.45, 2.75) is 149 Å². The Morgan fingerprint density at radius 2 is 1.27 bits per heavy atom. The molecule has 0 saturated heterocycles. The fraction of sp³-hybridized carbons (Fsp3) is 0.694. The minimum Gasteiger partial charge on any atom is -0.465 e. The summed E-state index contributed by atoms with van der Waals surface area (Å²) in [4.78, 5) is 64.4. The van der Waals surface area contributed by atoms with E-state index < -0.39 is 42.1 Å². The van der Waals surface area contributed by atoms with Crippen molar-refractivity contribution in [3.8, 4) is 23.7 Å². The topological polar surface area (TPSA) is 119 Å². The molecule has 9 nitrogen and oxygen atoms in total. The number of amides is 2. The Morgan fingerprint density at radius 3 is 1.80 bits per heavy atom. The molecular weight excluding hydrogens is 570 g/mol. The predicted octanol–water partition coefficient (Wildman–Crippen LogP) is 6.20. The number of esters is 1. The number of ether oxygens (including phenoxy) is 1. The number of rotatable bonds is 23. The standard InChI is InChI=1S/C36H55N3O6/c1-4-6-7-8-9-10-11-12-13-14-15-16-17-18-19-20-21-22-23-24-25-26-27-32(40)39(30-34(42)45-5-2)33(41)29-38-28-31(3)35(43)37-36(38)44/h28H,4-15,20-27,29-30H2,1-3H3,(H,37,43,44). The lowest BCUT2D eigenvalue weighted by molar-refractivity contribution is -0.155. The van der Waals surface area contributed by atoms with Crippen LogP contribution in [-0.2, 0) is 25.7 Å². The Bertz CT molecular complexity index is 1260. The third-order valence-corrected chi connectivity index (χ3v) is 7.53. The van der Waals surface area contributed by atoms with Crippen molar-refractivity contribution < 1.29 is 19.1 Å². The lowest BCUT2D eigenvalue weighted by Crippen LogP contribution is -2.44. The van der Waals surface area contributed by atoms with Crippen LogP contribution >= 0.6 is 0 Å². The summed E-state index contributed by atoms with van der Waals surface area (Å²) in [6.07, 6.45) is 21.9. The van der Waals surface area contributed by atoms with Gasteiger partial charge in [0.15, 0.2) is 0 Å². The zero-order chi connectivity index (χ0) is 33.1. The highest BCUT2D eigenvalue weighted by molar-refractivity contribution is 5.98. The van der Waals surface area contributed by atoms with Gasteiger partial charge in [0.2, 0.25) is 11.8 Å². The molecule has 0 aliphatic rings. The molecule has 1 heterocycles. The molecule has 250 valence electrons. The number of carbonyl (C=O) groups is 3. The van der Waals surface area contributed by atoms with Crippen LogP contribution in [0.15, 0.2) is 15.8 Å². The fourth-order valence-electron chi connectivity index (χ4n) is 4.86. The smallest absolute Gasteiger partial charge is 0.328 e. The number of H-pyrrole nitrogens is 1. The molecule has 0 radical (unpaired) electrons. The van der Waals surface area contributed by atoms with Crippen molar-refractivity contribution in [1.29, 1.82) is 0 Å². The van der Waals surface area contributed by atoms with Crippen molar-refractivity contribution >= 4 is 17.8 Å². The molecule has 0 aliphatic carbocycles. The van der Waals surface area contributed by atoms with Gasteiger partial charge in [0.05, 0.1) is 6.61 Å². The van der Waals surface area contributed by atoms with E-state index in [0.717, 1.165) is 60.8 Å². The number of imide groups is 1. The summed E-state index contributed by atoms with van der Waals surface area (Å²) in [7, 11) is 0. The summed E-state index contributed by atoms with van der Waals surface area (Å²) < 4.78 is 5.93. The molecule has 1 aromatic rings. The molecule has 9 heteroatoms. The number of nitrogens with zero attached hydrogens (tertiary/aromatic N) is 2. The molecule has 0 atom stereocenters. The van der Waals surface area contributed by atoms with Crippen LogP contribution in [0.5, 0.6) is 0 Å². The first-order chi connectivity index (χ1) is 21.8. The van der Waals surface area contributed by atoms with E-state index >= 15 is 0 Å². The maximum Gasteiger partial charge on any atom is 0.328 e. The van der Waals surface area contributed by atoms with Gasteiger partial charge in [0.25, 0.3) is 5.56 Å². The third kappa shape index (κ3) is 19.4. The van der Waals surface area contributed by atoms with Crippen LogP contribution in [0.4, 0.5) is 0 Å². The number of aromatic amines is 1. The van der Waals surface area contributed by atoms with Crippen LogP contribution in [0.2, 0.25) is 0 Å². The highest BCUT2D eigenvalue weighted by atomic mass is 16.5. The molecule has 0 saturated carbocycles. The van der Waals surface area contributed by atoms with Gasteiger partial charge < -0.3 is 4.74 Å². The Hall–Kier alpha value is -3.59. The number of carbonyl (C=O) groups excluding carboxylic acids is 3. The zero-order valence-electron chi connectivity index (χ0n) is 28.0. The Morgan fingerprint density at radius 1 is 0.756 bits per heavy atom. The molecule has 0 aliphatic heterocycles. The lowest BCUT2D eigenvalue weighted by Gasteiger charge is -2.20. The van der Waals surface area contributed by atoms with Gasteiger partial charge in [0.1, 0.15) is 13.1 Å². The second-order valence-electron chi connectivity index (χ2n) is 11.5. The Balaban J connectivity index is 2.23. The van der Waals surface area contributed by atoms with Gasteiger partial charge in [-0.25, -0.2) is 4.79 Å². The minimum absolute atomic E-state index is 0.105. The summed E-state index contributed by atoms with van der Waals surface area (Å²) in [5.41, 5.74) is -1.06. The van der Waals surface area contributed by atoms with Crippen molar-refractivity contribution in [2.75, 3.05) is 13.2 Å². The summed E-state index contributed by atoms with van der Waals surface area (Å²) >= 11 is 0. The second kappa shape index (κ2) is 25.7. The van der Waals surface area contributed by atoms with E-state index in [2.05, 4.69) is 35.6 Å². The van der Waals surface area contributed by atoms with Crippen LogP contribution in [0.1, 0.15) is 141 Å². The average molecular weight is 626 g/mol. The van der Waals surface area contributed by atoms with Crippen molar-refractivity contribution in [2.24, 2.45) is 0 Å². The molecular formula is C36H55N3O6. The molecule has 1 N–H and O–H groups in total. The first kappa shape index (κ1) is 39.4. The largest absolute Gasteiger partial charge is 0.465 e. The normalized spacial score (nSPS) is 10.4. The zero-order valence-corrected chi connectivity index (χ0v) is 28.0. The third-order valence-electron chi connectivity index (χ3n) is 7.53. The number of aromatic nitrogens is 2. The average Bonchev–Trinajstić information content (AvgIpc) is 3.01. The molecule has 0 bridgehead atoms. The van der Waals surface area contributed by atoms with Gasteiger partial charge in [-0.15, -0.1) is 0 Å². The maximum atomic E-state index is 12.9. The van der Waals surface area contributed by atoms with Crippen LogP contribution in [0, 0.1) is 30.6 Å². The van der Waals surface area contributed by atoms with Crippen LogP contribution in [0.3, 0.4) is 0 Å². The van der Waals surface area contributed by atoms with E-state index in [9.17, 15) is 24.0 Å². The Labute approximate surface area is 269 Å². The molecule has 0 fully saturated rings. The molecule has 45 heavy (non-hydrogen) atoms. The van der Waals surface area contributed by atoms with Crippen LogP contribution in [-0.4, -0.2) is 45.4 Å². The highest BCUT2D eigenvalue weighted by Crippen LogP contribution is 2.12. The quantitative estimate of drug-likeness (QED) is 0.0879. The number of hydrogen-bond acceptors (Lipinski definition) is 6. The highest BCUT2D eigenvalue weighted by Gasteiger charge is 2.25. The maximum absolute atomic E-state index is 12.9. The van der Waals surface area contributed by atoms with E-state index in [1.54, 1.807) is 6.92 Å². The van der Waals surface area contributed by atoms with Gasteiger partial charge in [-0.3, -0.25) is 33.6 Å². The molecule has 0 spiro atoms. The van der Waals surface area contributed by atoms with Crippen molar-refractivity contribution in [3.63, 3.8) is 0 Å². The van der Waals surface area contributed by atoms with E-state index in [-0.39, 0.29) is 18.6 Å². The predicted molar refractivity (Wildman–Crippen MR) is 178 cm³/mol. The number of nitrogens with one attached hydrogen (secondary N) is 1. The SMILES string of the molecule is CCCCCCCCCCCCC#CC#CCCCCCCCCC(=O)N(CC(=O)OCC)C(=O)Cn1cc(C)c(=O)[nH]c1=O. The lowest BCUT2D eigenvalue weighted by atomic mass is 10.1. The molecule has 0 unspecified atom stereocenters. The van der Waals surface area contributed by atoms with Gasteiger partial charge in [-0.1, -0.05) is 102 Å². The van der Waals surface area contributed by atoms with Gasteiger partial charge in [0, 0.05) is 31.0 Å². The van der Waals surface area contributed by atoms with E-state index in [4.69, 9.17) is 4.74 Å². The summed E-state index contributed by atoms with van der Waals surface area (Å²) in [5, 5.41) is 0. The molecule has 2 amide bonds. The first-order valence-corrected chi connectivity index (χ1v) is 17.0. The van der Waals surface area contributed by atoms with Crippen molar-refractivity contribution in [3.05, 3.63) is 32.6 Å². The summed E-state index contributed by atoms with van der Waals surface area (Å²) in [5.74, 6) is 10.3. The Kier molecular flexibility index (Phi) is 22.5. The minimum atomic E-state index is -0.763. The van der Waals surface area contributed by atoms with Gasteiger partial charge in [-0.05, 0) is 45.0 Å². The fourth-order valence-corrected chi connectivity index (χ4v) is 4.86. The molecule has 0 aromatic carbocycles.